The largest absolute Gasteiger partial charge is 0.389 e. The van der Waals surface area contributed by atoms with Gasteiger partial charge >= 0.3 is 0 Å². The molecule has 32 heavy (non-hydrogen) atoms. The molecule has 178 valence electrons. The lowest BCUT2D eigenvalue weighted by molar-refractivity contribution is -0.0108. The summed E-state index contributed by atoms with van der Waals surface area (Å²) in [7, 11) is 0. The van der Waals surface area contributed by atoms with Crippen molar-refractivity contribution in [1.82, 2.24) is 10.1 Å². The van der Waals surface area contributed by atoms with Crippen molar-refractivity contribution in [3.63, 3.8) is 0 Å². The Kier molecular flexibility index (Phi) is 9.14. The standard InChI is InChI=1S/C26H41N3O3/c1-19(2)15-28(16-23(30)18-31-20(3)4)17-24-25(22-12-7-6-8-13-22)27-32-26(24)29-14-10-9-11-21(29)5/h6-8,12-13,19-21,23,30H,9-11,14-18H2,1-5H3. The second-order valence-electron chi connectivity index (χ2n) is 9.84. The summed E-state index contributed by atoms with van der Waals surface area (Å²) in [6, 6.07) is 10.7. The first kappa shape index (κ1) is 24.7. The monoisotopic (exact) mass is 443 g/mol. The highest BCUT2D eigenvalue weighted by molar-refractivity contribution is 5.68. The van der Waals surface area contributed by atoms with E-state index in [9.17, 15) is 5.11 Å². The number of benzene rings is 1. The third-order valence-corrected chi connectivity index (χ3v) is 5.97. The first-order chi connectivity index (χ1) is 15.3. The van der Waals surface area contributed by atoms with Gasteiger partial charge in [-0.15, -0.1) is 0 Å². The van der Waals surface area contributed by atoms with Gasteiger partial charge in [0.15, 0.2) is 0 Å². The number of aliphatic hydroxyl groups excluding tert-OH is 1. The predicted octanol–water partition coefficient (Wildman–Crippen LogP) is 4.96. The summed E-state index contributed by atoms with van der Waals surface area (Å²) in [5, 5.41) is 15.2. The molecule has 0 saturated carbocycles. The Morgan fingerprint density at radius 1 is 1.16 bits per heavy atom. The summed E-state index contributed by atoms with van der Waals surface area (Å²) in [5.41, 5.74) is 3.08. The van der Waals surface area contributed by atoms with Crippen LogP contribution in [0, 0.1) is 5.92 Å². The number of anilines is 1. The molecule has 3 rings (SSSR count). The minimum Gasteiger partial charge on any atom is -0.389 e. The molecule has 1 fully saturated rings. The summed E-state index contributed by atoms with van der Waals surface area (Å²) in [5.74, 6) is 1.36. The van der Waals surface area contributed by atoms with Crippen LogP contribution in [0.4, 0.5) is 5.88 Å². The fourth-order valence-corrected chi connectivity index (χ4v) is 4.49. The molecule has 1 aliphatic rings. The Morgan fingerprint density at radius 3 is 2.56 bits per heavy atom. The Bertz CT molecular complexity index is 806. The third kappa shape index (κ3) is 6.80. The predicted molar refractivity (Wildman–Crippen MR) is 130 cm³/mol. The van der Waals surface area contributed by atoms with Crippen molar-refractivity contribution in [3.8, 4) is 11.3 Å². The van der Waals surface area contributed by atoms with Gasteiger partial charge in [0.25, 0.3) is 0 Å². The highest BCUT2D eigenvalue weighted by Crippen LogP contribution is 2.35. The molecule has 2 unspecified atom stereocenters. The molecule has 1 N–H and O–H groups in total. The molecule has 2 aromatic rings. The van der Waals surface area contributed by atoms with Gasteiger partial charge in [0.05, 0.1) is 24.4 Å². The van der Waals surface area contributed by atoms with E-state index in [4.69, 9.17) is 9.26 Å². The highest BCUT2D eigenvalue weighted by Gasteiger charge is 2.29. The van der Waals surface area contributed by atoms with Crippen molar-refractivity contribution in [1.29, 1.82) is 0 Å². The average Bonchev–Trinajstić information content (AvgIpc) is 3.16. The van der Waals surface area contributed by atoms with Crippen LogP contribution in [0.25, 0.3) is 11.3 Å². The van der Waals surface area contributed by atoms with Gasteiger partial charge in [-0.05, 0) is 46.0 Å². The van der Waals surface area contributed by atoms with Crippen LogP contribution in [0.15, 0.2) is 34.9 Å². The number of hydrogen-bond acceptors (Lipinski definition) is 6. The molecule has 1 aliphatic heterocycles. The minimum absolute atomic E-state index is 0.109. The van der Waals surface area contributed by atoms with Gasteiger partial charge in [0, 0.05) is 37.8 Å². The normalized spacial score (nSPS) is 18.2. The molecule has 2 atom stereocenters. The second kappa shape index (κ2) is 11.8. The zero-order chi connectivity index (χ0) is 23.1. The smallest absolute Gasteiger partial charge is 0.232 e. The number of aromatic nitrogens is 1. The lowest BCUT2D eigenvalue weighted by atomic mass is 10.0. The van der Waals surface area contributed by atoms with Crippen LogP contribution >= 0.6 is 0 Å². The van der Waals surface area contributed by atoms with Crippen LogP contribution in [0.5, 0.6) is 0 Å². The molecule has 6 nitrogen and oxygen atoms in total. The SMILES string of the molecule is CC(C)CN(Cc1c(-c2ccccc2)noc1N1CCCCC1C)CC(O)COC(C)C. The average molecular weight is 444 g/mol. The van der Waals surface area contributed by atoms with Gasteiger partial charge in [-0.1, -0.05) is 49.3 Å². The maximum absolute atomic E-state index is 10.6. The highest BCUT2D eigenvalue weighted by atomic mass is 16.5. The van der Waals surface area contributed by atoms with Crippen molar-refractivity contribution < 1.29 is 14.4 Å². The number of nitrogens with zero attached hydrogens (tertiary/aromatic N) is 3. The van der Waals surface area contributed by atoms with Gasteiger partial charge in [0.2, 0.25) is 5.88 Å². The van der Waals surface area contributed by atoms with Crippen LogP contribution in [0.3, 0.4) is 0 Å². The van der Waals surface area contributed by atoms with E-state index < -0.39 is 6.10 Å². The Balaban J connectivity index is 1.90. The molecular weight excluding hydrogens is 402 g/mol. The molecule has 0 spiro atoms. The maximum Gasteiger partial charge on any atom is 0.232 e. The first-order valence-corrected chi connectivity index (χ1v) is 12.2. The van der Waals surface area contributed by atoms with Crippen molar-refractivity contribution in [3.05, 3.63) is 35.9 Å². The fraction of sp³-hybridized carbons (Fsp3) is 0.654. The number of hydrogen-bond donors (Lipinski definition) is 1. The van der Waals surface area contributed by atoms with E-state index >= 15 is 0 Å². The summed E-state index contributed by atoms with van der Waals surface area (Å²) < 4.78 is 11.7. The van der Waals surface area contributed by atoms with Crippen LogP contribution in [0.1, 0.15) is 59.4 Å². The number of rotatable bonds is 11. The van der Waals surface area contributed by atoms with Gasteiger partial charge in [0.1, 0.15) is 5.69 Å². The van der Waals surface area contributed by atoms with Crippen molar-refractivity contribution in [2.75, 3.05) is 31.1 Å². The second-order valence-corrected chi connectivity index (χ2v) is 9.84. The van der Waals surface area contributed by atoms with Crippen molar-refractivity contribution in [2.45, 2.75) is 78.7 Å². The van der Waals surface area contributed by atoms with E-state index in [0.717, 1.165) is 35.8 Å². The number of aliphatic hydroxyl groups is 1. The van der Waals surface area contributed by atoms with Crippen LogP contribution in [-0.2, 0) is 11.3 Å². The molecule has 0 amide bonds. The zero-order valence-electron chi connectivity index (χ0n) is 20.5. The van der Waals surface area contributed by atoms with Crippen LogP contribution in [0.2, 0.25) is 0 Å². The Hall–Kier alpha value is -1.89. The van der Waals surface area contributed by atoms with Gasteiger partial charge in [-0.3, -0.25) is 4.90 Å². The van der Waals surface area contributed by atoms with Crippen LogP contribution < -0.4 is 4.90 Å². The van der Waals surface area contributed by atoms with Gasteiger partial charge in [-0.25, -0.2) is 0 Å². The van der Waals surface area contributed by atoms with E-state index in [0.29, 0.717) is 31.7 Å². The van der Waals surface area contributed by atoms with E-state index in [-0.39, 0.29) is 6.10 Å². The molecule has 2 heterocycles. The first-order valence-electron chi connectivity index (χ1n) is 12.2. The number of ether oxygens (including phenoxy) is 1. The molecule has 6 heteroatoms. The lowest BCUT2D eigenvalue weighted by Gasteiger charge is -2.34. The quantitative estimate of drug-likeness (QED) is 0.529. The van der Waals surface area contributed by atoms with E-state index in [2.05, 4.69) is 47.9 Å². The molecule has 0 bridgehead atoms. The van der Waals surface area contributed by atoms with E-state index in [1.807, 2.05) is 32.0 Å². The van der Waals surface area contributed by atoms with Crippen molar-refractivity contribution in [2.24, 2.45) is 5.92 Å². The van der Waals surface area contributed by atoms with Gasteiger partial charge < -0.3 is 19.3 Å². The third-order valence-electron chi connectivity index (χ3n) is 5.97. The lowest BCUT2D eigenvalue weighted by Crippen LogP contribution is -2.39. The van der Waals surface area contributed by atoms with E-state index in [1.54, 1.807) is 0 Å². The maximum atomic E-state index is 10.6. The molecular formula is C26H41N3O3. The Morgan fingerprint density at radius 2 is 1.91 bits per heavy atom. The molecule has 0 aliphatic carbocycles. The van der Waals surface area contributed by atoms with Crippen molar-refractivity contribution >= 4 is 5.88 Å². The summed E-state index contributed by atoms with van der Waals surface area (Å²) in [6.07, 6.45) is 3.17. The fourth-order valence-electron chi connectivity index (χ4n) is 4.49. The summed E-state index contributed by atoms with van der Waals surface area (Å²) >= 11 is 0. The number of piperidine rings is 1. The van der Waals surface area contributed by atoms with Gasteiger partial charge in [-0.2, -0.15) is 0 Å². The zero-order valence-corrected chi connectivity index (χ0v) is 20.5. The van der Waals surface area contributed by atoms with Crippen LogP contribution in [-0.4, -0.2) is 59.7 Å². The van der Waals surface area contributed by atoms with E-state index in [1.165, 1.54) is 19.3 Å². The molecule has 1 aromatic heterocycles. The molecule has 1 saturated heterocycles. The summed E-state index contributed by atoms with van der Waals surface area (Å²) in [4.78, 5) is 4.69. The minimum atomic E-state index is -0.534. The molecule has 0 radical (unpaired) electrons. The topological polar surface area (TPSA) is 62.0 Å². The summed E-state index contributed by atoms with van der Waals surface area (Å²) in [6.45, 7) is 14.1. The Labute approximate surface area is 193 Å². The molecule has 1 aromatic carbocycles.